The van der Waals surface area contributed by atoms with Crippen LogP contribution in [0.25, 0.3) is 11.1 Å². The number of methoxy groups -OCH3 is 1. The van der Waals surface area contributed by atoms with Gasteiger partial charge in [0.25, 0.3) is 0 Å². The topological polar surface area (TPSA) is 118 Å². The average Bonchev–Trinajstić information content (AvgIpc) is 3.29. The first-order valence-electron chi connectivity index (χ1n) is 12.4. The van der Waals surface area contributed by atoms with E-state index in [2.05, 4.69) is 26.0 Å². The summed E-state index contributed by atoms with van der Waals surface area (Å²) in [5.41, 5.74) is 11.3. The van der Waals surface area contributed by atoms with E-state index in [1.54, 1.807) is 24.5 Å². The summed E-state index contributed by atoms with van der Waals surface area (Å²) in [4.78, 5) is 19.1. The Morgan fingerprint density at radius 2 is 1.95 bits per heavy atom. The summed E-state index contributed by atoms with van der Waals surface area (Å²) >= 11 is 0. The predicted octanol–water partition coefficient (Wildman–Crippen LogP) is 4.34. The van der Waals surface area contributed by atoms with Gasteiger partial charge in [-0.1, -0.05) is 6.07 Å². The first-order chi connectivity index (χ1) is 19.1. The van der Waals surface area contributed by atoms with E-state index >= 15 is 0 Å². The zero-order valence-corrected chi connectivity index (χ0v) is 21.4. The summed E-state index contributed by atoms with van der Waals surface area (Å²) in [5, 5.41) is 4.84. The molecule has 1 saturated heterocycles. The zero-order valence-electron chi connectivity index (χ0n) is 21.4. The number of carbonyl (C=O) groups excluding carboxylic acids is 1. The van der Waals surface area contributed by atoms with Crippen LogP contribution < -0.4 is 26.5 Å². The zero-order chi connectivity index (χ0) is 28.4. The lowest BCUT2D eigenvalue weighted by Crippen LogP contribution is -2.37. The van der Waals surface area contributed by atoms with Gasteiger partial charge in [-0.25, -0.2) is 14.2 Å². The minimum absolute atomic E-state index is 0.225. The minimum Gasteiger partial charge on any atom is -0.495 e. The van der Waals surface area contributed by atoms with Crippen LogP contribution in [0.2, 0.25) is 0 Å². The molecule has 1 atom stereocenters. The molecular formula is C26H27F4N7O3. The van der Waals surface area contributed by atoms with Gasteiger partial charge in [0, 0.05) is 30.9 Å². The number of anilines is 2. The van der Waals surface area contributed by atoms with Crippen LogP contribution in [0.4, 0.5) is 33.7 Å². The number of urea groups is 1. The third kappa shape index (κ3) is 5.73. The van der Waals surface area contributed by atoms with Crippen molar-refractivity contribution < 1.29 is 31.8 Å². The third-order valence-corrected chi connectivity index (χ3v) is 6.60. The number of halogens is 4. The Kier molecular flexibility index (Phi) is 7.65. The number of carbonyl (C=O) groups is 1. The fraction of sp³-hybridized carbons (Fsp3) is 0.308. The van der Waals surface area contributed by atoms with Gasteiger partial charge in [-0.2, -0.15) is 13.2 Å². The second-order valence-corrected chi connectivity index (χ2v) is 9.20. The van der Waals surface area contributed by atoms with Gasteiger partial charge in [0.2, 0.25) is 0 Å². The van der Waals surface area contributed by atoms with Crippen molar-refractivity contribution in [2.24, 2.45) is 10.7 Å². The van der Waals surface area contributed by atoms with E-state index in [9.17, 15) is 22.4 Å². The third-order valence-electron chi connectivity index (χ3n) is 6.60. The Hall–Kier alpha value is -4.14. The molecule has 14 heteroatoms. The Bertz CT molecular complexity index is 1430. The molecule has 3 aromatic rings. The molecule has 0 radical (unpaired) electrons. The number of ether oxygens (including phenoxy) is 2. The summed E-state index contributed by atoms with van der Waals surface area (Å²) in [5.74, 6) is -1.13. The van der Waals surface area contributed by atoms with Gasteiger partial charge < -0.3 is 25.8 Å². The number of alkyl halides is 3. The van der Waals surface area contributed by atoms with Gasteiger partial charge in [0.05, 0.1) is 43.0 Å². The number of nitrogens with one attached hydrogen (secondary N) is 3. The van der Waals surface area contributed by atoms with Crippen LogP contribution in [0.3, 0.4) is 0 Å². The number of aliphatic imine (C=N–C) groups is 1. The van der Waals surface area contributed by atoms with Gasteiger partial charge >= 0.3 is 12.2 Å². The normalized spacial score (nSPS) is 17.2. The van der Waals surface area contributed by atoms with Gasteiger partial charge in [-0.15, -0.1) is 0 Å². The molecule has 0 aliphatic carbocycles. The van der Waals surface area contributed by atoms with Crippen LogP contribution >= 0.6 is 0 Å². The lowest BCUT2D eigenvalue weighted by molar-refractivity contribution is -0.139. The molecule has 2 aromatic carbocycles. The number of nitrogens with two attached hydrogens (primary N) is 1. The van der Waals surface area contributed by atoms with E-state index in [1.165, 1.54) is 7.11 Å². The highest BCUT2D eigenvalue weighted by molar-refractivity contribution is 6.01. The average molecular weight is 562 g/mol. The van der Waals surface area contributed by atoms with Crippen LogP contribution in [0, 0.1) is 5.82 Å². The number of amides is 2. The van der Waals surface area contributed by atoms with Crippen molar-refractivity contribution in [3.8, 4) is 16.9 Å². The lowest BCUT2D eigenvalue weighted by Gasteiger charge is -2.27. The highest BCUT2D eigenvalue weighted by Gasteiger charge is 2.34. The Morgan fingerprint density at radius 3 is 2.67 bits per heavy atom. The van der Waals surface area contributed by atoms with E-state index < -0.39 is 29.8 Å². The number of benzene rings is 2. The smallest absolute Gasteiger partial charge is 0.419 e. The number of rotatable bonds is 6. The number of aromatic nitrogens is 1. The fourth-order valence-electron chi connectivity index (χ4n) is 4.67. The summed E-state index contributed by atoms with van der Waals surface area (Å²) in [6.45, 7) is 3.61. The van der Waals surface area contributed by atoms with Crippen molar-refractivity contribution >= 4 is 23.7 Å². The van der Waals surface area contributed by atoms with Gasteiger partial charge in [-0.3, -0.25) is 15.0 Å². The molecule has 10 nitrogen and oxygen atoms in total. The fourth-order valence-corrected chi connectivity index (χ4v) is 4.67. The molecule has 1 unspecified atom stereocenters. The van der Waals surface area contributed by atoms with Crippen LogP contribution in [-0.2, 0) is 17.5 Å². The maximum Gasteiger partial charge on any atom is 0.419 e. The second kappa shape index (κ2) is 11.2. The van der Waals surface area contributed by atoms with Gasteiger partial charge in [0.1, 0.15) is 24.1 Å². The lowest BCUT2D eigenvalue weighted by atomic mass is 10.0. The van der Waals surface area contributed by atoms with Gasteiger partial charge in [0.15, 0.2) is 0 Å². The van der Waals surface area contributed by atoms with Crippen LogP contribution in [0.15, 0.2) is 47.5 Å². The van der Waals surface area contributed by atoms with Crippen molar-refractivity contribution in [3.63, 3.8) is 0 Å². The molecule has 1 aromatic heterocycles. The quantitative estimate of drug-likeness (QED) is 0.333. The molecule has 0 saturated carbocycles. The van der Waals surface area contributed by atoms with Gasteiger partial charge in [-0.05, 0) is 42.0 Å². The Labute approximate surface area is 226 Å². The molecule has 5 rings (SSSR count). The molecule has 0 spiro atoms. The summed E-state index contributed by atoms with van der Waals surface area (Å²) in [6, 6.07) is 8.48. The summed E-state index contributed by atoms with van der Waals surface area (Å²) in [6.07, 6.45) is -3.96. The standard InChI is InChI=1S/C26H27F4N7O3/c1-39-22-10-15(2-5-21(22)35-25(38)34-16-3-4-20(27)19(11-16)26(28,29)30)18-12-17(13-36-6-8-40-9-7-36)37-23(18)24(31)32-14-33-37/h2-5,10-12,14,24H,6-9,13,31H2,1H3,(H,32,33)(H2,34,35,38). The van der Waals surface area contributed by atoms with Crippen LogP contribution in [0.5, 0.6) is 5.75 Å². The molecule has 3 heterocycles. The van der Waals surface area contributed by atoms with E-state index in [0.717, 1.165) is 41.7 Å². The minimum atomic E-state index is -4.90. The van der Waals surface area contributed by atoms with Crippen LogP contribution in [0.1, 0.15) is 23.1 Å². The van der Waals surface area contributed by atoms with E-state index in [4.69, 9.17) is 15.2 Å². The summed E-state index contributed by atoms with van der Waals surface area (Å²) in [7, 11) is 1.43. The SMILES string of the molecule is COc1cc(-c2cc(CN3CCOCC3)n3c2C(N)N=CN3)ccc1NC(=O)Nc1ccc(F)c(C(F)(F)F)c1. The number of fused-ring (bicyclic) bond motifs is 1. The number of morpholine rings is 1. The number of hydrogen-bond donors (Lipinski definition) is 4. The van der Waals surface area contributed by atoms with Crippen molar-refractivity contribution in [1.82, 2.24) is 9.58 Å². The van der Waals surface area contributed by atoms with Crippen LogP contribution in [-0.4, -0.2) is 55.4 Å². The predicted molar refractivity (Wildman–Crippen MR) is 141 cm³/mol. The highest BCUT2D eigenvalue weighted by Crippen LogP contribution is 2.37. The van der Waals surface area contributed by atoms with Crippen molar-refractivity contribution in [1.29, 1.82) is 0 Å². The van der Waals surface area contributed by atoms with Crippen molar-refractivity contribution in [2.45, 2.75) is 18.9 Å². The first-order valence-corrected chi connectivity index (χ1v) is 12.4. The Balaban J connectivity index is 1.38. The molecule has 0 bridgehead atoms. The molecule has 2 aliphatic heterocycles. The molecule has 2 aliphatic rings. The van der Waals surface area contributed by atoms with E-state index in [0.29, 0.717) is 37.6 Å². The molecule has 5 N–H and O–H groups in total. The molecule has 1 fully saturated rings. The van der Waals surface area contributed by atoms with E-state index in [-0.39, 0.29) is 11.4 Å². The first kappa shape index (κ1) is 27.4. The monoisotopic (exact) mass is 561 g/mol. The maximum atomic E-state index is 13.6. The van der Waals surface area contributed by atoms with E-state index in [1.807, 2.05) is 10.7 Å². The largest absolute Gasteiger partial charge is 0.495 e. The molecular weight excluding hydrogens is 534 g/mol. The molecule has 212 valence electrons. The van der Waals surface area contributed by atoms with Crippen molar-refractivity contribution in [3.05, 3.63) is 65.2 Å². The molecule has 40 heavy (non-hydrogen) atoms. The maximum absolute atomic E-state index is 13.6. The second-order valence-electron chi connectivity index (χ2n) is 9.20. The number of hydrogen-bond acceptors (Lipinski definition) is 7. The Morgan fingerprint density at radius 1 is 1.18 bits per heavy atom. The summed E-state index contributed by atoms with van der Waals surface area (Å²) < 4.78 is 65.5. The van der Waals surface area contributed by atoms with Crippen molar-refractivity contribution in [2.75, 3.05) is 49.5 Å². The highest BCUT2D eigenvalue weighted by atomic mass is 19.4. The molecule has 2 amide bonds. The number of nitrogens with zero attached hydrogens (tertiary/aromatic N) is 3.